The van der Waals surface area contributed by atoms with E-state index in [9.17, 15) is 13.5 Å². The Morgan fingerprint density at radius 3 is 2.82 bits per heavy atom. The number of aryl methyl sites for hydroxylation is 1. The van der Waals surface area contributed by atoms with Crippen LogP contribution in [0, 0.1) is 12.7 Å². The minimum atomic E-state index is -3.39. The number of aliphatic hydroxyl groups is 1. The van der Waals surface area contributed by atoms with Gasteiger partial charge in [-0.3, -0.25) is 0 Å². The number of rotatable bonds is 4. The van der Waals surface area contributed by atoms with E-state index in [0.717, 1.165) is 6.26 Å². The molecule has 0 unspecified atom stereocenters. The molecule has 3 atom stereocenters. The fourth-order valence-corrected chi connectivity index (χ4v) is 5.67. The molecule has 0 aliphatic carbocycles. The van der Waals surface area contributed by atoms with Crippen LogP contribution in [0.15, 0.2) is 12.3 Å². The van der Waals surface area contributed by atoms with Gasteiger partial charge in [-0.15, -0.1) is 0 Å². The highest BCUT2D eigenvalue weighted by molar-refractivity contribution is 7.88. The van der Waals surface area contributed by atoms with Gasteiger partial charge >= 0.3 is 0 Å². The Kier molecular flexibility index (Phi) is 5.66. The summed E-state index contributed by atoms with van der Waals surface area (Å²) in [5.41, 5.74) is 1.44. The van der Waals surface area contributed by atoms with Crippen LogP contribution in [0.25, 0.3) is 22.3 Å². The van der Waals surface area contributed by atoms with Gasteiger partial charge in [-0.2, -0.15) is 4.31 Å². The Morgan fingerprint density at radius 2 is 2.12 bits per heavy atom. The van der Waals surface area contributed by atoms with Gasteiger partial charge in [-0.1, -0.05) is 11.6 Å². The summed E-state index contributed by atoms with van der Waals surface area (Å²) in [7, 11) is -3.39. The molecular weight excluding hydrogens is 487 g/mol. The van der Waals surface area contributed by atoms with Crippen molar-refractivity contribution >= 4 is 38.6 Å². The summed E-state index contributed by atoms with van der Waals surface area (Å²) in [5.74, 6) is 0.802. The first-order valence-corrected chi connectivity index (χ1v) is 13.0. The monoisotopic (exact) mass is 510 g/mol. The third kappa shape index (κ3) is 3.88. The third-order valence-corrected chi connectivity index (χ3v) is 7.83. The number of benzene rings is 1. The number of hydrogen-bond donors (Lipinski definition) is 2. The van der Waals surface area contributed by atoms with Gasteiger partial charge in [-0.25, -0.2) is 27.8 Å². The SMILES string of the molecule is Cc1nc2c(F)cc(-c3nc(N[C@@H]4CCN(S(C)(=O)=O)C[C@H]4O)ncc3Cl)c3c2n1[C@H](C)CO3. The molecular formula is C21H24ClFN6O4S. The Hall–Kier alpha value is -2.54. The number of ether oxygens (including phenoxy) is 1. The Balaban J connectivity index is 1.51. The zero-order chi connectivity index (χ0) is 24.4. The first-order chi connectivity index (χ1) is 16.0. The lowest BCUT2D eigenvalue weighted by Crippen LogP contribution is -2.51. The lowest BCUT2D eigenvalue weighted by molar-refractivity contribution is 0.0950. The number of nitrogens with zero attached hydrogens (tertiary/aromatic N) is 5. The minimum absolute atomic E-state index is 0.00969. The van der Waals surface area contributed by atoms with Crippen molar-refractivity contribution in [1.29, 1.82) is 0 Å². The number of piperidine rings is 1. The fourth-order valence-electron chi connectivity index (χ4n) is 4.62. The van der Waals surface area contributed by atoms with Gasteiger partial charge in [-0.05, 0) is 26.3 Å². The van der Waals surface area contributed by atoms with E-state index in [-0.39, 0.29) is 41.3 Å². The number of sulfonamides is 1. The molecule has 1 saturated heterocycles. The highest BCUT2D eigenvalue weighted by atomic mass is 35.5. The number of halogens is 2. The Labute approximate surface area is 200 Å². The molecule has 0 saturated carbocycles. The van der Waals surface area contributed by atoms with Gasteiger partial charge in [0.2, 0.25) is 16.0 Å². The normalized spacial score (nSPS) is 23.2. The zero-order valence-corrected chi connectivity index (χ0v) is 20.4. The molecule has 34 heavy (non-hydrogen) atoms. The topological polar surface area (TPSA) is 122 Å². The second-order valence-corrected chi connectivity index (χ2v) is 11.1. The summed E-state index contributed by atoms with van der Waals surface area (Å²) in [5, 5.41) is 13.7. The van der Waals surface area contributed by atoms with Gasteiger partial charge in [0.25, 0.3) is 0 Å². The zero-order valence-electron chi connectivity index (χ0n) is 18.8. The van der Waals surface area contributed by atoms with E-state index >= 15 is 4.39 Å². The van der Waals surface area contributed by atoms with E-state index < -0.39 is 28.0 Å². The van der Waals surface area contributed by atoms with Crippen LogP contribution in [-0.2, 0) is 10.0 Å². The fraction of sp³-hybridized carbons (Fsp3) is 0.476. The van der Waals surface area contributed by atoms with Crippen LogP contribution in [0.5, 0.6) is 5.75 Å². The van der Waals surface area contributed by atoms with Crippen LogP contribution in [-0.4, -0.2) is 75.4 Å². The molecule has 0 spiro atoms. The molecule has 2 aromatic heterocycles. The minimum Gasteiger partial charge on any atom is -0.488 e. The predicted molar refractivity (Wildman–Crippen MR) is 125 cm³/mol. The van der Waals surface area contributed by atoms with Gasteiger partial charge in [0.05, 0.1) is 41.4 Å². The number of aromatic nitrogens is 4. The molecule has 2 N–H and O–H groups in total. The number of hydrogen-bond acceptors (Lipinski definition) is 8. The number of β-amino-alcohol motifs (C(OH)–C–C–N with tert-alkyl or cyclic N) is 1. The molecule has 2 aliphatic heterocycles. The van der Waals surface area contributed by atoms with Crippen LogP contribution in [0.4, 0.5) is 10.3 Å². The second kappa shape index (κ2) is 8.29. The molecule has 4 heterocycles. The number of aliphatic hydroxyl groups excluding tert-OH is 1. The molecule has 1 aromatic carbocycles. The maximum Gasteiger partial charge on any atom is 0.223 e. The number of imidazole rings is 1. The van der Waals surface area contributed by atoms with Crippen molar-refractivity contribution in [3.05, 3.63) is 28.9 Å². The summed E-state index contributed by atoms with van der Waals surface area (Å²) in [6.07, 6.45) is 1.91. The number of anilines is 1. The average Bonchev–Trinajstić information content (AvgIpc) is 3.13. The highest BCUT2D eigenvalue weighted by Crippen LogP contribution is 2.43. The largest absolute Gasteiger partial charge is 0.488 e. The summed E-state index contributed by atoms with van der Waals surface area (Å²) < 4.78 is 47.8. The maximum absolute atomic E-state index is 15.1. The van der Waals surface area contributed by atoms with Crippen molar-refractivity contribution in [2.75, 3.05) is 31.3 Å². The standard InChI is InChI=1S/C21H24ClFN6O4S/c1-10-9-33-20-12(6-14(23)18-19(20)29(10)11(2)25-18)17-13(22)7-24-21(27-17)26-15-4-5-28(8-16(15)30)34(3,31)32/h6-7,10,15-16,30H,4-5,8-9H2,1-3H3,(H,24,26,27)/t10-,15-,16-/m1/s1. The van der Waals surface area contributed by atoms with Crippen molar-refractivity contribution in [3.63, 3.8) is 0 Å². The second-order valence-electron chi connectivity index (χ2n) is 8.74. The van der Waals surface area contributed by atoms with Gasteiger partial charge in [0.1, 0.15) is 23.5 Å². The molecule has 0 bridgehead atoms. The molecule has 5 rings (SSSR count). The molecule has 1 fully saturated rings. The van der Waals surface area contributed by atoms with E-state index in [1.165, 1.54) is 16.6 Å². The molecule has 0 radical (unpaired) electrons. The smallest absolute Gasteiger partial charge is 0.223 e. The van der Waals surface area contributed by atoms with E-state index in [2.05, 4.69) is 20.3 Å². The summed E-state index contributed by atoms with van der Waals surface area (Å²) in [6.45, 7) is 4.41. The van der Waals surface area contributed by atoms with Gasteiger partial charge in [0.15, 0.2) is 11.6 Å². The lowest BCUT2D eigenvalue weighted by Gasteiger charge is -2.34. The molecule has 3 aromatic rings. The quantitative estimate of drug-likeness (QED) is 0.548. The molecule has 10 nitrogen and oxygen atoms in total. The molecule has 182 valence electrons. The summed E-state index contributed by atoms with van der Waals surface area (Å²) in [4.78, 5) is 13.1. The summed E-state index contributed by atoms with van der Waals surface area (Å²) >= 11 is 6.42. The molecule has 0 amide bonds. The first kappa shape index (κ1) is 23.2. The van der Waals surface area contributed by atoms with E-state index in [1.807, 2.05) is 18.4 Å². The van der Waals surface area contributed by atoms with E-state index in [4.69, 9.17) is 16.3 Å². The van der Waals surface area contributed by atoms with Crippen molar-refractivity contribution in [1.82, 2.24) is 23.8 Å². The van der Waals surface area contributed by atoms with Crippen molar-refractivity contribution in [3.8, 4) is 17.0 Å². The van der Waals surface area contributed by atoms with Gasteiger partial charge in [0, 0.05) is 18.7 Å². The van der Waals surface area contributed by atoms with Crippen LogP contribution >= 0.6 is 11.6 Å². The predicted octanol–water partition coefficient (Wildman–Crippen LogP) is 2.35. The average molecular weight is 511 g/mol. The first-order valence-electron chi connectivity index (χ1n) is 10.8. The van der Waals surface area contributed by atoms with Crippen molar-refractivity contribution in [2.24, 2.45) is 0 Å². The third-order valence-electron chi connectivity index (χ3n) is 6.28. The molecule has 13 heteroatoms. The van der Waals surface area contributed by atoms with Crippen LogP contribution in [0.2, 0.25) is 5.02 Å². The highest BCUT2D eigenvalue weighted by Gasteiger charge is 2.33. The van der Waals surface area contributed by atoms with Gasteiger partial charge < -0.3 is 19.7 Å². The summed E-state index contributed by atoms with van der Waals surface area (Å²) in [6, 6.07) is 0.831. The molecule has 2 aliphatic rings. The Morgan fingerprint density at radius 1 is 1.35 bits per heavy atom. The van der Waals surface area contributed by atoms with E-state index in [0.29, 0.717) is 35.7 Å². The number of nitrogens with one attached hydrogen (secondary N) is 1. The Bertz CT molecular complexity index is 1400. The van der Waals surface area contributed by atoms with Crippen LogP contribution in [0.3, 0.4) is 0 Å². The lowest BCUT2D eigenvalue weighted by atomic mass is 10.0. The van der Waals surface area contributed by atoms with Crippen LogP contribution in [0.1, 0.15) is 25.2 Å². The maximum atomic E-state index is 15.1. The van der Waals surface area contributed by atoms with Crippen molar-refractivity contribution < 1.29 is 22.7 Å². The van der Waals surface area contributed by atoms with E-state index in [1.54, 1.807) is 0 Å². The van der Waals surface area contributed by atoms with Crippen molar-refractivity contribution in [2.45, 2.75) is 38.5 Å². The van der Waals surface area contributed by atoms with Crippen LogP contribution < -0.4 is 10.1 Å².